The van der Waals surface area contributed by atoms with Crippen molar-refractivity contribution in [3.63, 3.8) is 0 Å². The number of nitrogens with one attached hydrogen (secondary N) is 1. The standard InChI is InChI=1S/C19H13BrCl2N4O3/c20-15-8-14(26(25-15)16-13(22)2-1-7-23-16)17(27)24-19(18(28)29)9-12(19)10-3-5-11(21)6-4-10/h1-8,12H,9H2,(H,24,27)(H,28,29). The predicted octanol–water partition coefficient (Wildman–Crippen LogP) is 4.08. The fraction of sp³-hybridized carbons (Fsp3) is 0.158. The lowest BCUT2D eigenvalue weighted by Crippen LogP contribution is -2.45. The molecule has 10 heteroatoms. The maximum Gasteiger partial charge on any atom is 0.330 e. The maximum absolute atomic E-state index is 13.0. The first-order valence-corrected chi connectivity index (χ1v) is 10.0. The van der Waals surface area contributed by atoms with Crippen LogP contribution in [0.4, 0.5) is 0 Å². The van der Waals surface area contributed by atoms with E-state index < -0.39 is 17.4 Å². The first kappa shape index (κ1) is 19.9. The predicted molar refractivity (Wildman–Crippen MR) is 111 cm³/mol. The summed E-state index contributed by atoms with van der Waals surface area (Å²) in [5.74, 6) is -1.80. The zero-order chi connectivity index (χ0) is 20.8. The summed E-state index contributed by atoms with van der Waals surface area (Å²) in [4.78, 5) is 29.2. The number of carboxylic acids is 1. The van der Waals surface area contributed by atoms with Crippen LogP contribution >= 0.6 is 39.1 Å². The van der Waals surface area contributed by atoms with E-state index in [1.807, 2.05) is 0 Å². The first-order valence-electron chi connectivity index (χ1n) is 8.49. The Morgan fingerprint density at radius 3 is 2.62 bits per heavy atom. The third-order valence-electron chi connectivity index (χ3n) is 4.80. The van der Waals surface area contributed by atoms with Crippen molar-refractivity contribution in [1.29, 1.82) is 0 Å². The monoisotopic (exact) mass is 494 g/mol. The highest BCUT2D eigenvalue weighted by atomic mass is 79.9. The van der Waals surface area contributed by atoms with Crippen LogP contribution in [0.2, 0.25) is 10.0 Å². The van der Waals surface area contributed by atoms with E-state index in [4.69, 9.17) is 23.2 Å². The van der Waals surface area contributed by atoms with Gasteiger partial charge in [-0.05, 0) is 52.2 Å². The minimum Gasteiger partial charge on any atom is -0.479 e. The highest BCUT2D eigenvalue weighted by Gasteiger charge is 2.62. The summed E-state index contributed by atoms with van der Waals surface area (Å²) in [5.41, 5.74) is -0.500. The lowest BCUT2D eigenvalue weighted by molar-refractivity contribution is -0.140. The molecule has 29 heavy (non-hydrogen) atoms. The van der Waals surface area contributed by atoms with Crippen molar-refractivity contribution in [2.24, 2.45) is 0 Å². The van der Waals surface area contributed by atoms with E-state index >= 15 is 0 Å². The molecule has 0 aliphatic heterocycles. The molecule has 3 aromatic rings. The van der Waals surface area contributed by atoms with Crippen molar-refractivity contribution in [3.8, 4) is 5.82 Å². The molecular formula is C19H13BrCl2N4O3. The number of pyridine rings is 1. The Hall–Kier alpha value is -2.42. The van der Waals surface area contributed by atoms with E-state index in [2.05, 4.69) is 31.3 Å². The topological polar surface area (TPSA) is 97.1 Å². The number of rotatable bonds is 5. The Balaban J connectivity index is 1.65. The van der Waals surface area contributed by atoms with Gasteiger partial charge in [0.15, 0.2) is 5.82 Å². The van der Waals surface area contributed by atoms with Crippen molar-refractivity contribution in [3.05, 3.63) is 74.6 Å². The molecule has 1 saturated carbocycles. The van der Waals surface area contributed by atoms with Crippen LogP contribution in [0.15, 0.2) is 53.3 Å². The van der Waals surface area contributed by atoms with Gasteiger partial charge in [-0.2, -0.15) is 5.10 Å². The second kappa shape index (κ2) is 7.44. The van der Waals surface area contributed by atoms with Crippen LogP contribution in [0.5, 0.6) is 0 Å². The normalized spacial score (nSPS) is 20.3. The molecule has 2 aromatic heterocycles. The minimum atomic E-state index is -1.40. The van der Waals surface area contributed by atoms with E-state index in [1.54, 1.807) is 36.4 Å². The molecule has 0 saturated heterocycles. The van der Waals surface area contributed by atoms with E-state index in [1.165, 1.54) is 16.9 Å². The zero-order valence-electron chi connectivity index (χ0n) is 14.6. The molecule has 4 rings (SSSR count). The number of amides is 1. The number of carbonyl (C=O) groups excluding carboxylic acids is 1. The van der Waals surface area contributed by atoms with Crippen molar-refractivity contribution >= 4 is 51.0 Å². The molecule has 2 heterocycles. The molecule has 2 atom stereocenters. The van der Waals surface area contributed by atoms with Crippen LogP contribution in [0.3, 0.4) is 0 Å². The smallest absolute Gasteiger partial charge is 0.330 e. The number of carboxylic acid groups (broad SMARTS) is 1. The molecular weight excluding hydrogens is 483 g/mol. The number of aromatic nitrogens is 3. The third-order valence-corrected chi connectivity index (χ3v) is 5.74. The van der Waals surface area contributed by atoms with Gasteiger partial charge in [0, 0.05) is 23.2 Å². The number of aliphatic carboxylic acids is 1. The number of halogens is 3. The lowest BCUT2D eigenvalue weighted by Gasteiger charge is -2.16. The second-order valence-electron chi connectivity index (χ2n) is 6.61. The summed E-state index contributed by atoms with van der Waals surface area (Å²) in [7, 11) is 0. The van der Waals surface area contributed by atoms with Gasteiger partial charge in [-0.15, -0.1) is 0 Å². The summed E-state index contributed by atoms with van der Waals surface area (Å²) >= 11 is 15.3. The molecule has 1 aliphatic carbocycles. The zero-order valence-corrected chi connectivity index (χ0v) is 17.7. The number of benzene rings is 1. The average Bonchev–Trinajstić information content (AvgIpc) is 3.28. The first-order chi connectivity index (χ1) is 13.8. The van der Waals surface area contributed by atoms with E-state index in [0.717, 1.165) is 5.56 Å². The fourth-order valence-electron chi connectivity index (χ4n) is 3.26. The van der Waals surface area contributed by atoms with Crippen molar-refractivity contribution < 1.29 is 14.7 Å². The summed E-state index contributed by atoms with van der Waals surface area (Å²) in [6.45, 7) is 0. The SMILES string of the molecule is O=C(NC1(C(=O)O)CC1c1ccc(Cl)cc1)c1cc(Br)nn1-c1ncccc1Cl. The third kappa shape index (κ3) is 3.63. The molecule has 0 spiro atoms. The Morgan fingerprint density at radius 2 is 1.97 bits per heavy atom. The molecule has 1 fully saturated rings. The highest BCUT2D eigenvalue weighted by Crippen LogP contribution is 2.52. The Morgan fingerprint density at radius 1 is 1.24 bits per heavy atom. The van der Waals surface area contributed by atoms with Crippen molar-refractivity contribution in [1.82, 2.24) is 20.1 Å². The van der Waals surface area contributed by atoms with Gasteiger partial charge in [-0.3, -0.25) is 4.79 Å². The number of hydrogen-bond acceptors (Lipinski definition) is 4. The van der Waals surface area contributed by atoms with Crippen molar-refractivity contribution in [2.45, 2.75) is 17.9 Å². The Labute approximate surface area is 183 Å². The quantitative estimate of drug-likeness (QED) is 0.555. The van der Waals surface area contributed by atoms with Gasteiger partial charge >= 0.3 is 5.97 Å². The number of carbonyl (C=O) groups is 2. The highest BCUT2D eigenvalue weighted by molar-refractivity contribution is 9.10. The molecule has 148 valence electrons. The van der Waals surface area contributed by atoms with Gasteiger partial charge < -0.3 is 10.4 Å². The summed E-state index contributed by atoms with van der Waals surface area (Å²) in [5, 5.41) is 17.5. The van der Waals surface area contributed by atoms with Gasteiger partial charge in [0.05, 0.1) is 5.02 Å². The van der Waals surface area contributed by atoms with Crippen LogP contribution in [-0.2, 0) is 4.79 Å². The Bertz CT molecular complexity index is 1120. The van der Waals surface area contributed by atoms with Gasteiger partial charge in [0.2, 0.25) is 0 Å². The van der Waals surface area contributed by atoms with Crippen LogP contribution in [0.25, 0.3) is 5.82 Å². The molecule has 0 bridgehead atoms. The van der Waals surface area contributed by atoms with Gasteiger partial charge in [-0.25, -0.2) is 14.5 Å². The molecule has 2 N–H and O–H groups in total. The van der Waals surface area contributed by atoms with E-state index in [9.17, 15) is 14.7 Å². The largest absolute Gasteiger partial charge is 0.479 e. The van der Waals surface area contributed by atoms with Crippen LogP contribution in [0.1, 0.15) is 28.4 Å². The molecule has 1 amide bonds. The fourth-order valence-corrected chi connectivity index (χ4v) is 3.97. The summed E-state index contributed by atoms with van der Waals surface area (Å²) in [6, 6.07) is 11.7. The number of hydrogen-bond donors (Lipinski definition) is 2. The maximum atomic E-state index is 13.0. The lowest BCUT2D eigenvalue weighted by atomic mass is 10.1. The summed E-state index contributed by atoms with van der Waals surface area (Å²) in [6.07, 6.45) is 1.80. The molecule has 0 radical (unpaired) electrons. The minimum absolute atomic E-state index is 0.111. The van der Waals surface area contributed by atoms with Crippen LogP contribution in [-0.4, -0.2) is 37.3 Å². The van der Waals surface area contributed by atoms with Gasteiger partial charge in [-0.1, -0.05) is 35.3 Å². The number of nitrogens with zero attached hydrogens (tertiary/aromatic N) is 3. The van der Waals surface area contributed by atoms with Gasteiger partial charge in [0.1, 0.15) is 15.8 Å². The second-order valence-corrected chi connectivity index (χ2v) is 8.27. The summed E-state index contributed by atoms with van der Waals surface area (Å²) < 4.78 is 1.66. The average molecular weight is 496 g/mol. The van der Waals surface area contributed by atoms with Crippen LogP contribution < -0.4 is 5.32 Å². The molecule has 7 nitrogen and oxygen atoms in total. The van der Waals surface area contributed by atoms with Crippen molar-refractivity contribution in [2.75, 3.05) is 0 Å². The molecule has 1 aliphatic rings. The molecule has 1 aromatic carbocycles. The Kier molecular flexibility index (Phi) is 5.10. The van der Waals surface area contributed by atoms with Gasteiger partial charge in [0.25, 0.3) is 5.91 Å². The van der Waals surface area contributed by atoms with E-state index in [-0.39, 0.29) is 23.9 Å². The van der Waals surface area contributed by atoms with E-state index in [0.29, 0.717) is 14.6 Å². The molecule has 2 unspecified atom stereocenters. The van der Waals surface area contributed by atoms with Crippen LogP contribution in [0, 0.1) is 0 Å².